The Morgan fingerprint density at radius 1 is 1.23 bits per heavy atom. The molecule has 7 nitrogen and oxygen atoms in total. The van der Waals surface area contributed by atoms with E-state index in [1.54, 1.807) is 6.92 Å². The maximum Gasteiger partial charge on any atom is 0.416 e. The number of dihydropyridines is 1. The lowest BCUT2D eigenvalue weighted by Gasteiger charge is -2.27. The van der Waals surface area contributed by atoms with E-state index < -0.39 is 28.3 Å². The van der Waals surface area contributed by atoms with Gasteiger partial charge in [0.2, 0.25) is 12.3 Å². The molecule has 3 rings (SSSR count). The van der Waals surface area contributed by atoms with Gasteiger partial charge in [-0.05, 0) is 25.5 Å². The highest BCUT2D eigenvalue weighted by atomic mass is 19.4. The fourth-order valence-corrected chi connectivity index (χ4v) is 3.11. The molecule has 1 aromatic heterocycles. The zero-order chi connectivity index (χ0) is 19.1. The number of nitrogens with zero attached hydrogens (tertiary/aromatic N) is 3. The van der Waals surface area contributed by atoms with Crippen LogP contribution in [0, 0.1) is 10.1 Å². The fraction of sp³-hybridized carbons (Fsp3) is 0.250. The normalized spacial score (nSPS) is 18.1. The minimum absolute atomic E-state index is 0.0798. The molecule has 1 aliphatic heterocycles. The molecular weight excluding hydrogens is 353 g/mol. The first-order valence-electron chi connectivity index (χ1n) is 7.47. The van der Waals surface area contributed by atoms with E-state index in [2.05, 4.69) is 15.5 Å². The van der Waals surface area contributed by atoms with Gasteiger partial charge in [-0.25, -0.2) is 0 Å². The van der Waals surface area contributed by atoms with Crippen molar-refractivity contribution in [2.75, 3.05) is 0 Å². The molecule has 136 valence electrons. The van der Waals surface area contributed by atoms with Crippen molar-refractivity contribution < 1.29 is 22.5 Å². The second-order valence-electron chi connectivity index (χ2n) is 5.69. The monoisotopic (exact) mass is 366 g/mol. The zero-order valence-electron chi connectivity index (χ0n) is 13.7. The molecule has 0 spiro atoms. The minimum Gasteiger partial charge on any atom is -0.424 e. The fourth-order valence-electron chi connectivity index (χ4n) is 3.11. The SMILES string of the molecule is CC1=C(c2nnco2)C(c2ccccc2C(F)(F)F)C([N+](=O)[O-])=C(C)N1. The Balaban J connectivity index is 2.32. The smallest absolute Gasteiger partial charge is 0.416 e. The molecule has 1 N–H and O–H groups in total. The second-order valence-corrected chi connectivity index (χ2v) is 5.69. The number of aromatic nitrogens is 2. The summed E-state index contributed by atoms with van der Waals surface area (Å²) in [5.74, 6) is -1.40. The number of rotatable bonds is 3. The molecule has 1 aliphatic rings. The lowest BCUT2D eigenvalue weighted by molar-refractivity contribution is -0.430. The van der Waals surface area contributed by atoms with Crippen LogP contribution in [0.15, 0.2) is 52.2 Å². The third kappa shape index (κ3) is 2.93. The number of nitrogens with one attached hydrogen (secondary N) is 1. The molecule has 0 bridgehead atoms. The van der Waals surface area contributed by atoms with E-state index in [1.165, 1.54) is 25.1 Å². The lowest BCUT2D eigenvalue weighted by Crippen LogP contribution is -2.28. The number of benzene rings is 1. The van der Waals surface area contributed by atoms with Crippen LogP contribution in [-0.4, -0.2) is 15.1 Å². The van der Waals surface area contributed by atoms with Crippen molar-refractivity contribution >= 4 is 5.57 Å². The van der Waals surface area contributed by atoms with Crippen LogP contribution in [0.5, 0.6) is 0 Å². The summed E-state index contributed by atoms with van der Waals surface area (Å²) in [6.07, 6.45) is -3.66. The molecule has 0 aliphatic carbocycles. The van der Waals surface area contributed by atoms with E-state index in [0.29, 0.717) is 5.70 Å². The molecule has 1 aromatic carbocycles. The molecule has 10 heteroatoms. The molecule has 0 radical (unpaired) electrons. The van der Waals surface area contributed by atoms with Gasteiger partial charge in [0.15, 0.2) is 0 Å². The molecule has 0 saturated heterocycles. The van der Waals surface area contributed by atoms with E-state index >= 15 is 0 Å². The number of alkyl halides is 3. The van der Waals surface area contributed by atoms with Crippen molar-refractivity contribution in [3.63, 3.8) is 0 Å². The van der Waals surface area contributed by atoms with Gasteiger partial charge in [0.1, 0.15) is 5.92 Å². The van der Waals surface area contributed by atoms with Gasteiger partial charge >= 0.3 is 6.18 Å². The van der Waals surface area contributed by atoms with Crippen molar-refractivity contribution in [1.29, 1.82) is 0 Å². The van der Waals surface area contributed by atoms with Gasteiger partial charge in [0, 0.05) is 5.70 Å². The molecule has 26 heavy (non-hydrogen) atoms. The van der Waals surface area contributed by atoms with Gasteiger partial charge < -0.3 is 9.73 Å². The van der Waals surface area contributed by atoms with Crippen molar-refractivity contribution in [2.24, 2.45) is 0 Å². The van der Waals surface area contributed by atoms with Crippen LogP contribution in [0.25, 0.3) is 5.57 Å². The first-order chi connectivity index (χ1) is 12.2. The third-order valence-electron chi connectivity index (χ3n) is 4.09. The summed E-state index contributed by atoms with van der Waals surface area (Å²) >= 11 is 0. The topological polar surface area (TPSA) is 94.1 Å². The Bertz CT molecular complexity index is 917. The maximum atomic E-state index is 13.5. The standard InChI is InChI=1S/C16H13F3N4O3/c1-8-12(15-22-20-7-26-15)13(14(23(24)25)9(2)21-8)10-5-3-4-6-11(10)16(17,18)19/h3-7,13,21H,1-2H3. The quantitative estimate of drug-likeness (QED) is 0.657. The van der Waals surface area contributed by atoms with Gasteiger partial charge in [-0.2, -0.15) is 13.2 Å². The van der Waals surface area contributed by atoms with Gasteiger partial charge in [-0.3, -0.25) is 10.1 Å². The van der Waals surface area contributed by atoms with Crippen LogP contribution in [0.3, 0.4) is 0 Å². The number of hydrogen-bond donors (Lipinski definition) is 1. The molecule has 0 fully saturated rings. The largest absolute Gasteiger partial charge is 0.424 e. The Labute approximate surface area is 145 Å². The summed E-state index contributed by atoms with van der Waals surface area (Å²) in [7, 11) is 0. The Hall–Kier alpha value is -3.17. The first kappa shape index (κ1) is 17.6. The lowest BCUT2D eigenvalue weighted by atomic mass is 9.81. The van der Waals surface area contributed by atoms with Crippen molar-refractivity contribution in [2.45, 2.75) is 25.9 Å². The second kappa shape index (κ2) is 6.28. The summed E-state index contributed by atoms with van der Waals surface area (Å²) in [5.41, 5.74) is -0.918. The van der Waals surface area contributed by atoms with Crippen LogP contribution < -0.4 is 5.32 Å². The van der Waals surface area contributed by atoms with Crippen molar-refractivity contribution in [3.05, 3.63) is 74.9 Å². The predicted octanol–water partition coefficient (Wildman–Crippen LogP) is 3.71. The van der Waals surface area contributed by atoms with Gasteiger partial charge in [0.25, 0.3) is 5.70 Å². The number of allylic oxidation sites excluding steroid dienone is 3. The van der Waals surface area contributed by atoms with Crippen molar-refractivity contribution in [3.8, 4) is 0 Å². The van der Waals surface area contributed by atoms with E-state index in [-0.39, 0.29) is 22.7 Å². The molecule has 2 aromatic rings. The maximum absolute atomic E-state index is 13.5. The molecule has 2 heterocycles. The average Bonchev–Trinajstić information content (AvgIpc) is 3.06. The summed E-state index contributed by atoms with van der Waals surface area (Å²) in [6.45, 7) is 3.03. The molecular formula is C16H13F3N4O3. The molecule has 0 saturated carbocycles. The highest BCUT2D eigenvalue weighted by Gasteiger charge is 2.44. The highest BCUT2D eigenvalue weighted by Crippen LogP contribution is 2.46. The predicted molar refractivity (Wildman–Crippen MR) is 83.9 cm³/mol. The number of halogens is 3. The van der Waals surface area contributed by atoms with E-state index in [1.807, 2.05) is 0 Å². The summed E-state index contributed by atoms with van der Waals surface area (Å²) in [4.78, 5) is 11.0. The van der Waals surface area contributed by atoms with Crippen LogP contribution in [-0.2, 0) is 6.18 Å². The average molecular weight is 366 g/mol. The summed E-state index contributed by atoms with van der Waals surface area (Å²) in [5, 5.41) is 21.8. The van der Waals surface area contributed by atoms with Crippen LogP contribution in [0.1, 0.15) is 36.8 Å². The van der Waals surface area contributed by atoms with Gasteiger partial charge in [0.05, 0.1) is 21.8 Å². The number of nitro groups is 1. The molecule has 0 amide bonds. The highest BCUT2D eigenvalue weighted by molar-refractivity contribution is 5.74. The zero-order valence-corrected chi connectivity index (χ0v) is 13.7. The Morgan fingerprint density at radius 3 is 2.50 bits per heavy atom. The van der Waals surface area contributed by atoms with Gasteiger partial charge in [-0.15, -0.1) is 10.2 Å². The third-order valence-corrected chi connectivity index (χ3v) is 4.09. The summed E-state index contributed by atoms with van der Waals surface area (Å²) < 4.78 is 45.7. The first-order valence-corrected chi connectivity index (χ1v) is 7.47. The minimum atomic E-state index is -4.68. The van der Waals surface area contributed by atoms with Crippen molar-refractivity contribution in [1.82, 2.24) is 15.5 Å². The van der Waals surface area contributed by atoms with Crippen LogP contribution in [0.4, 0.5) is 13.2 Å². The van der Waals surface area contributed by atoms with E-state index in [0.717, 1.165) is 12.5 Å². The molecule has 1 atom stereocenters. The van der Waals surface area contributed by atoms with E-state index in [4.69, 9.17) is 4.42 Å². The van der Waals surface area contributed by atoms with Crippen LogP contribution >= 0.6 is 0 Å². The van der Waals surface area contributed by atoms with Crippen LogP contribution in [0.2, 0.25) is 0 Å². The Kier molecular flexibility index (Phi) is 4.26. The van der Waals surface area contributed by atoms with E-state index in [9.17, 15) is 23.3 Å². The number of hydrogen-bond acceptors (Lipinski definition) is 6. The van der Waals surface area contributed by atoms with Gasteiger partial charge in [-0.1, -0.05) is 18.2 Å². The summed E-state index contributed by atoms with van der Waals surface area (Å²) in [6, 6.07) is 4.75. The molecule has 1 unspecified atom stereocenters. The Morgan fingerprint density at radius 2 is 1.92 bits per heavy atom.